The fourth-order valence-corrected chi connectivity index (χ4v) is 2.35. The lowest BCUT2D eigenvalue weighted by molar-refractivity contribution is -0.131. The molecule has 1 aromatic rings. The van der Waals surface area contributed by atoms with Gasteiger partial charge < -0.3 is 15.0 Å². The molecule has 0 aliphatic carbocycles. The third-order valence-corrected chi connectivity index (χ3v) is 3.49. The molecule has 1 aliphatic heterocycles. The second-order valence-electron chi connectivity index (χ2n) is 5.13. The van der Waals surface area contributed by atoms with Crippen LogP contribution in [0.4, 0.5) is 0 Å². The van der Waals surface area contributed by atoms with Crippen LogP contribution in [-0.4, -0.2) is 43.6 Å². The van der Waals surface area contributed by atoms with Crippen molar-refractivity contribution in [3.8, 4) is 5.75 Å². The average molecular weight is 276 g/mol. The average Bonchev–Trinajstić information content (AvgIpc) is 2.52. The number of hydrogen-bond donors (Lipinski definition) is 1. The minimum Gasteiger partial charge on any atom is -0.494 e. The zero-order valence-corrected chi connectivity index (χ0v) is 12.0. The van der Waals surface area contributed by atoms with E-state index in [0.29, 0.717) is 13.2 Å². The Hall–Kier alpha value is -1.55. The summed E-state index contributed by atoms with van der Waals surface area (Å²) in [4.78, 5) is 13.9. The molecule has 1 aliphatic rings. The number of piperidine rings is 1. The van der Waals surface area contributed by atoms with E-state index >= 15 is 0 Å². The zero-order valence-electron chi connectivity index (χ0n) is 12.0. The van der Waals surface area contributed by atoms with E-state index in [2.05, 4.69) is 5.32 Å². The van der Waals surface area contributed by atoms with Crippen molar-refractivity contribution in [2.45, 2.75) is 25.7 Å². The normalized spacial score (nSPS) is 15.1. The summed E-state index contributed by atoms with van der Waals surface area (Å²) >= 11 is 0. The van der Waals surface area contributed by atoms with Crippen molar-refractivity contribution < 1.29 is 9.53 Å². The molecule has 0 unspecified atom stereocenters. The Bertz CT molecular complexity index is 389. The SMILES string of the molecule is O=C(CNCCCOc1ccccc1)N1CCCCC1. The number of para-hydroxylation sites is 1. The van der Waals surface area contributed by atoms with E-state index in [1.54, 1.807) is 0 Å². The summed E-state index contributed by atoms with van der Waals surface area (Å²) in [6.45, 7) is 3.79. The molecule has 1 N–H and O–H groups in total. The van der Waals surface area contributed by atoms with Crippen LogP contribution in [0.15, 0.2) is 30.3 Å². The number of carbonyl (C=O) groups is 1. The van der Waals surface area contributed by atoms with Gasteiger partial charge in [0.15, 0.2) is 0 Å². The van der Waals surface area contributed by atoms with Gasteiger partial charge in [-0.1, -0.05) is 18.2 Å². The molecule has 1 amide bonds. The Balaban J connectivity index is 1.50. The van der Waals surface area contributed by atoms with Gasteiger partial charge in [-0.3, -0.25) is 4.79 Å². The molecule has 1 heterocycles. The number of amides is 1. The van der Waals surface area contributed by atoms with Crippen LogP contribution in [0.5, 0.6) is 5.75 Å². The van der Waals surface area contributed by atoms with Gasteiger partial charge in [0.05, 0.1) is 13.2 Å². The maximum atomic E-state index is 11.9. The van der Waals surface area contributed by atoms with Gasteiger partial charge in [0.25, 0.3) is 0 Å². The molecule has 4 nitrogen and oxygen atoms in total. The van der Waals surface area contributed by atoms with Crippen molar-refractivity contribution >= 4 is 5.91 Å². The molecular weight excluding hydrogens is 252 g/mol. The highest BCUT2D eigenvalue weighted by atomic mass is 16.5. The number of nitrogens with one attached hydrogen (secondary N) is 1. The molecule has 20 heavy (non-hydrogen) atoms. The van der Waals surface area contributed by atoms with Gasteiger partial charge in [-0.15, -0.1) is 0 Å². The Morgan fingerprint density at radius 1 is 1.15 bits per heavy atom. The number of benzene rings is 1. The summed E-state index contributed by atoms with van der Waals surface area (Å²) in [7, 11) is 0. The van der Waals surface area contributed by atoms with Gasteiger partial charge >= 0.3 is 0 Å². The summed E-state index contributed by atoms with van der Waals surface area (Å²) in [6, 6.07) is 9.80. The molecule has 1 aromatic carbocycles. The molecule has 2 rings (SSSR count). The van der Waals surface area contributed by atoms with Gasteiger partial charge in [-0.2, -0.15) is 0 Å². The Morgan fingerprint density at radius 2 is 1.90 bits per heavy atom. The van der Waals surface area contributed by atoms with Crippen LogP contribution >= 0.6 is 0 Å². The molecule has 0 atom stereocenters. The van der Waals surface area contributed by atoms with Crippen molar-refractivity contribution in [2.75, 3.05) is 32.8 Å². The number of hydrogen-bond acceptors (Lipinski definition) is 3. The number of rotatable bonds is 7. The highest BCUT2D eigenvalue weighted by Crippen LogP contribution is 2.09. The smallest absolute Gasteiger partial charge is 0.236 e. The van der Waals surface area contributed by atoms with Crippen LogP contribution in [0, 0.1) is 0 Å². The number of likely N-dealkylation sites (tertiary alicyclic amines) is 1. The van der Waals surface area contributed by atoms with E-state index in [0.717, 1.165) is 44.6 Å². The minimum absolute atomic E-state index is 0.230. The predicted octanol–water partition coefficient (Wildman–Crippen LogP) is 2.06. The van der Waals surface area contributed by atoms with E-state index in [9.17, 15) is 4.79 Å². The van der Waals surface area contributed by atoms with Crippen LogP contribution in [0.2, 0.25) is 0 Å². The lowest BCUT2D eigenvalue weighted by Crippen LogP contribution is -2.41. The Kier molecular flexibility index (Phi) is 6.38. The first-order valence-corrected chi connectivity index (χ1v) is 7.52. The van der Waals surface area contributed by atoms with Gasteiger partial charge in [0.2, 0.25) is 5.91 Å². The first-order chi connectivity index (χ1) is 9.86. The third-order valence-electron chi connectivity index (χ3n) is 3.49. The van der Waals surface area contributed by atoms with Crippen molar-refractivity contribution in [1.29, 1.82) is 0 Å². The van der Waals surface area contributed by atoms with Gasteiger partial charge in [-0.05, 0) is 44.4 Å². The third kappa shape index (κ3) is 5.21. The highest BCUT2D eigenvalue weighted by molar-refractivity contribution is 5.78. The fourth-order valence-electron chi connectivity index (χ4n) is 2.35. The summed E-state index contributed by atoms with van der Waals surface area (Å²) in [6.07, 6.45) is 4.46. The fraction of sp³-hybridized carbons (Fsp3) is 0.562. The summed E-state index contributed by atoms with van der Waals surface area (Å²) < 4.78 is 5.59. The molecule has 0 bridgehead atoms. The van der Waals surface area contributed by atoms with Crippen LogP contribution < -0.4 is 10.1 Å². The number of ether oxygens (including phenoxy) is 1. The van der Waals surface area contributed by atoms with E-state index in [4.69, 9.17) is 4.74 Å². The molecule has 1 fully saturated rings. The molecule has 0 saturated carbocycles. The molecule has 0 spiro atoms. The molecule has 1 saturated heterocycles. The lowest BCUT2D eigenvalue weighted by Gasteiger charge is -2.26. The predicted molar refractivity (Wildman–Crippen MR) is 79.9 cm³/mol. The zero-order chi connectivity index (χ0) is 14.0. The van der Waals surface area contributed by atoms with E-state index in [1.165, 1.54) is 6.42 Å². The largest absolute Gasteiger partial charge is 0.494 e. The van der Waals surface area contributed by atoms with E-state index < -0.39 is 0 Å². The van der Waals surface area contributed by atoms with Crippen molar-refractivity contribution in [3.05, 3.63) is 30.3 Å². The van der Waals surface area contributed by atoms with E-state index in [-0.39, 0.29) is 5.91 Å². The molecule has 0 aromatic heterocycles. The summed E-state index contributed by atoms with van der Waals surface area (Å²) in [5.74, 6) is 1.13. The molecule has 110 valence electrons. The lowest BCUT2D eigenvalue weighted by atomic mass is 10.1. The Labute approximate surface area is 121 Å². The maximum Gasteiger partial charge on any atom is 0.236 e. The quantitative estimate of drug-likeness (QED) is 0.775. The molecule has 4 heteroatoms. The number of carbonyl (C=O) groups excluding carboxylic acids is 1. The van der Waals surface area contributed by atoms with Gasteiger partial charge in [0, 0.05) is 13.1 Å². The standard InChI is InChI=1S/C16H24N2O2/c19-16(18-11-5-2-6-12-18)14-17-10-7-13-20-15-8-3-1-4-9-15/h1,3-4,8-9,17H,2,5-7,10-14H2. The van der Waals surface area contributed by atoms with Crippen molar-refractivity contribution in [2.24, 2.45) is 0 Å². The monoisotopic (exact) mass is 276 g/mol. The van der Waals surface area contributed by atoms with Crippen LogP contribution in [0.25, 0.3) is 0 Å². The summed E-state index contributed by atoms with van der Waals surface area (Å²) in [5.41, 5.74) is 0. The number of nitrogens with zero attached hydrogens (tertiary/aromatic N) is 1. The highest BCUT2D eigenvalue weighted by Gasteiger charge is 2.15. The second kappa shape index (κ2) is 8.59. The Morgan fingerprint density at radius 3 is 2.65 bits per heavy atom. The molecule has 0 radical (unpaired) electrons. The minimum atomic E-state index is 0.230. The maximum absolute atomic E-state index is 11.9. The first kappa shape index (κ1) is 14.9. The topological polar surface area (TPSA) is 41.6 Å². The van der Waals surface area contributed by atoms with Crippen LogP contribution in [-0.2, 0) is 4.79 Å². The first-order valence-electron chi connectivity index (χ1n) is 7.52. The van der Waals surface area contributed by atoms with Gasteiger partial charge in [-0.25, -0.2) is 0 Å². The van der Waals surface area contributed by atoms with Crippen molar-refractivity contribution in [3.63, 3.8) is 0 Å². The molecular formula is C16H24N2O2. The summed E-state index contributed by atoms with van der Waals surface area (Å²) in [5, 5.41) is 3.20. The van der Waals surface area contributed by atoms with Crippen molar-refractivity contribution in [1.82, 2.24) is 10.2 Å². The van der Waals surface area contributed by atoms with Crippen LogP contribution in [0.3, 0.4) is 0 Å². The second-order valence-corrected chi connectivity index (χ2v) is 5.13. The van der Waals surface area contributed by atoms with E-state index in [1.807, 2.05) is 35.2 Å². The van der Waals surface area contributed by atoms with Gasteiger partial charge in [0.1, 0.15) is 5.75 Å². The van der Waals surface area contributed by atoms with Crippen LogP contribution in [0.1, 0.15) is 25.7 Å².